The molecule has 8 heteroatoms. The molecule has 0 aromatic heterocycles. The number of aliphatic carboxylic acids is 1. The van der Waals surface area contributed by atoms with E-state index in [1.54, 1.807) is 0 Å². The molecule has 0 bridgehead atoms. The predicted octanol–water partition coefficient (Wildman–Crippen LogP) is 0.0887. The summed E-state index contributed by atoms with van der Waals surface area (Å²) in [6.07, 6.45) is -2.43. The molecule has 122 valence electrons. The number of carbonyl (C=O) groups excluding carboxylic acids is 1. The van der Waals surface area contributed by atoms with Crippen molar-refractivity contribution in [3.63, 3.8) is 0 Å². The summed E-state index contributed by atoms with van der Waals surface area (Å²) in [6.45, 7) is 0. The standard InChI is InChI=1S/C15H14O8/c16-6-1-9(17)7-3-10(18)15(23-11(7)2-6)8-4-14(21)22-12(8)5-13(19)20/h1-2,4,10,12,15-18H,3,5H2,(H,19,20)/t10-,12+,15-/m1/s1. The van der Waals surface area contributed by atoms with Crippen molar-refractivity contribution in [2.75, 3.05) is 0 Å². The van der Waals surface area contributed by atoms with E-state index in [4.69, 9.17) is 14.6 Å². The molecule has 3 atom stereocenters. The zero-order valence-electron chi connectivity index (χ0n) is 11.8. The molecule has 23 heavy (non-hydrogen) atoms. The van der Waals surface area contributed by atoms with Gasteiger partial charge in [-0.25, -0.2) is 4.79 Å². The van der Waals surface area contributed by atoms with E-state index in [9.17, 15) is 24.9 Å². The Bertz CT molecular complexity index is 708. The smallest absolute Gasteiger partial charge is 0.331 e. The number of carbonyl (C=O) groups is 2. The third-order valence-electron chi connectivity index (χ3n) is 3.79. The van der Waals surface area contributed by atoms with Crippen molar-refractivity contribution >= 4 is 11.9 Å². The summed E-state index contributed by atoms with van der Waals surface area (Å²) >= 11 is 0. The second kappa shape index (κ2) is 5.47. The van der Waals surface area contributed by atoms with E-state index in [1.165, 1.54) is 6.07 Å². The Balaban J connectivity index is 1.92. The van der Waals surface area contributed by atoms with Gasteiger partial charge in [-0.05, 0) is 0 Å². The number of phenols is 2. The molecule has 0 unspecified atom stereocenters. The van der Waals surface area contributed by atoms with E-state index in [0.717, 1.165) is 12.1 Å². The number of cyclic esters (lactones) is 1. The minimum Gasteiger partial charge on any atom is -0.508 e. The topological polar surface area (TPSA) is 134 Å². The Morgan fingerprint density at radius 3 is 2.70 bits per heavy atom. The number of aliphatic hydroxyl groups is 1. The van der Waals surface area contributed by atoms with Crippen molar-refractivity contribution in [1.29, 1.82) is 0 Å². The first-order chi connectivity index (χ1) is 10.8. The number of phenolic OH excluding ortho intramolecular Hbond substituents is 2. The quantitative estimate of drug-likeness (QED) is 0.575. The lowest BCUT2D eigenvalue weighted by atomic mass is 9.91. The van der Waals surface area contributed by atoms with Crippen LogP contribution in [0.25, 0.3) is 0 Å². The number of carboxylic acid groups (broad SMARTS) is 1. The first kappa shape index (κ1) is 15.2. The highest BCUT2D eigenvalue weighted by Gasteiger charge is 2.41. The molecule has 0 aliphatic carbocycles. The Kier molecular flexibility index (Phi) is 3.61. The predicted molar refractivity (Wildman–Crippen MR) is 74.1 cm³/mol. The van der Waals surface area contributed by atoms with Crippen molar-refractivity contribution in [2.45, 2.75) is 31.2 Å². The number of rotatable bonds is 3. The van der Waals surface area contributed by atoms with Crippen LogP contribution in [0, 0.1) is 0 Å². The van der Waals surface area contributed by atoms with Crippen LogP contribution in [0.15, 0.2) is 23.8 Å². The summed E-state index contributed by atoms with van der Waals surface area (Å²) in [5, 5.41) is 38.5. The van der Waals surface area contributed by atoms with Crippen LogP contribution < -0.4 is 4.74 Å². The second-order valence-electron chi connectivity index (χ2n) is 5.42. The van der Waals surface area contributed by atoms with Crippen molar-refractivity contribution in [1.82, 2.24) is 0 Å². The third-order valence-corrected chi connectivity index (χ3v) is 3.79. The molecule has 0 saturated heterocycles. The maximum Gasteiger partial charge on any atom is 0.331 e. The van der Waals surface area contributed by atoms with Crippen LogP contribution in [-0.4, -0.2) is 50.7 Å². The molecule has 0 fully saturated rings. The first-order valence-corrected chi connectivity index (χ1v) is 6.88. The van der Waals surface area contributed by atoms with E-state index < -0.39 is 36.7 Å². The fourth-order valence-corrected chi connectivity index (χ4v) is 2.80. The molecular formula is C15H14O8. The van der Waals surface area contributed by atoms with E-state index in [-0.39, 0.29) is 29.2 Å². The number of aliphatic hydroxyl groups excluding tert-OH is 1. The Hall–Kier alpha value is -2.74. The number of aromatic hydroxyl groups is 2. The molecule has 0 spiro atoms. The highest BCUT2D eigenvalue weighted by atomic mass is 16.6. The van der Waals surface area contributed by atoms with Gasteiger partial charge in [-0.2, -0.15) is 0 Å². The van der Waals surface area contributed by atoms with Crippen molar-refractivity contribution in [3.05, 3.63) is 29.3 Å². The summed E-state index contributed by atoms with van der Waals surface area (Å²) in [4.78, 5) is 22.3. The summed E-state index contributed by atoms with van der Waals surface area (Å²) < 4.78 is 10.5. The normalized spacial score (nSPS) is 26.0. The molecule has 2 heterocycles. The summed E-state index contributed by atoms with van der Waals surface area (Å²) in [7, 11) is 0. The molecule has 1 aromatic carbocycles. The van der Waals surface area contributed by atoms with Gasteiger partial charge in [0.1, 0.15) is 29.5 Å². The molecule has 1 aromatic rings. The number of esters is 1. The number of benzene rings is 1. The Morgan fingerprint density at radius 1 is 1.26 bits per heavy atom. The van der Waals surface area contributed by atoms with Gasteiger partial charge < -0.3 is 29.9 Å². The minimum atomic E-state index is -1.16. The van der Waals surface area contributed by atoms with Gasteiger partial charge in [0, 0.05) is 35.8 Å². The summed E-state index contributed by atoms with van der Waals surface area (Å²) in [6, 6.07) is 2.41. The van der Waals surface area contributed by atoms with E-state index in [2.05, 4.69) is 0 Å². The SMILES string of the molecule is O=C(O)C[C@@H]1OC(=O)C=C1[C@H]1Oc2cc(O)cc(O)c2C[C@H]1O. The summed E-state index contributed by atoms with van der Waals surface area (Å²) in [5.41, 5.74) is 0.547. The minimum absolute atomic E-state index is 0.0252. The van der Waals surface area contributed by atoms with E-state index >= 15 is 0 Å². The summed E-state index contributed by atoms with van der Waals surface area (Å²) in [5.74, 6) is -2.13. The van der Waals surface area contributed by atoms with Crippen LogP contribution in [0.2, 0.25) is 0 Å². The number of hydrogen-bond acceptors (Lipinski definition) is 7. The molecule has 8 nitrogen and oxygen atoms in total. The fraction of sp³-hybridized carbons (Fsp3) is 0.333. The zero-order chi connectivity index (χ0) is 16.7. The number of fused-ring (bicyclic) bond motifs is 1. The van der Waals surface area contributed by atoms with Crippen LogP contribution in [0.4, 0.5) is 0 Å². The molecule has 3 rings (SSSR count). The van der Waals surface area contributed by atoms with Crippen molar-refractivity contribution in [2.24, 2.45) is 0 Å². The molecule has 2 aliphatic rings. The van der Waals surface area contributed by atoms with Crippen molar-refractivity contribution in [3.8, 4) is 17.2 Å². The maximum atomic E-state index is 11.4. The van der Waals surface area contributed by atoms with Gasteiger partial charge in [-0.15, -0.1) is 0 Å². The third kappa shape index (κ3) is 2.80. The van der Waals surface area contributed by atoms with Gasteiger partial charge in [0.2, 0.25) is 0 Å². The van der Waals surface area contributed by atoms with Crippen LogP contribution >= 0.6 is 0 Å². The van der Waals surface area contributed by atoms with Gasteiger partial charge in [0.25, 0.3) is 0 Å². The van der Waals surface area contributed by atoms with Crippen LogP contribution in [0.5, 0.6) is 17.2 Å². The maximum absolute atomic E-state index is 11.4. The van der Waals surface area contributed by atoms with Crippen molar-refractivity contribution < 1.29 is 39.5 Å². The monoisotopic (exact) mass is 322 g/mol. The molecule has 0 radical (unpaired) electrons. The van der Waals surface area contributed by atoms with E-state index in [1.807, 2.05) is 0 Å². The fourth-order valence-electron chi connectivity index (χ4n) is 2.80. The first-order valence-electron chi connectivity index (χ1n) is 6.88. The van der Waals surface area contributed by atoms with Crippen LogP contribution in [0.1, 0.15) is 12.0 Å². The van der Waals surface area contributed by atoms with Gasteiger partial charge >= 0.3 is 11.9 Å². The average Bonchev–Trinajstić information content (AvgIpc) is 2.78. The lowest BCUT2D eigenvalue weighted by Gasteiger charge is -2.33. The highest BCUT2D eigenvalue weighted by molar-refractivity contribution is 5.87. The zero-order valence-corrected chi connectivity index (χ0v) is 11.8. The molecule has 4 N–H and O–H groups in total. The van der Waals surface area contributed by atoms with Gasteiger partial charge in [-0.3, -0.25) is 4.79 Å². The van der Waals surface area contributed by atoms with Crippen LogP contribution in [0.3, 0.4) is 0 Å². The second-order valence-corrected chi connectivity index (χ2v) is 5.42. The lowest BCUT2D eigenvalue weighted by Crippen LogP contribution is -2.41. The lowest BCUT2D eigenvalue weighted by molar-refractivity contribution is -0.144. The van der Waals surface area contributed by atoms with Gasteiger partial charge in [0.15, 0.2) is 0 Å². The molecular weight excluding hydrogens is 308 g/mol. The van der Waals surface area contributed by atoms with Gasteiger partial charge in [0.05, 0.1) is 12.5 Å². The number of hydrogen-bond donors (Lipinski definition) is 4. The molecule has 0 amide bonds. The number of ether oxygens (including phenoxy) is 2. The number of carboxylic acids is 1. The van der Waals surface area contributed by atoms with E-state index in [0.29, 0.717) is 5.56 Å². The highest BCUT2D eigenvalue weighted by Crippen LogP contribution is 2.40. The largest absolute Gasteiger partial charge is 0.508 e. The van der Waals surface area contributed by atoms with Gasteiger partial charge in [-0.1, -0.05) is 0 Å². The average molecular weight is 322 g/mol. The molecule has 2 aliphatic heterocycles. The Morgan fingerprint density at radius 2 is 2.00 bits per heavy atom. The molecule has 0 saturated carbocycles. The van der Waals surface area contributed by atoms with Crippen LogP contribution in [-0.2, 0) is 20.7 Å². The Labute approximate surface area is 130 Å².